The molecule has 0 saturated carbocycles. The van der Waals surface area contributed by atoms with Gasteiger partial charge in [0.1, 0.15) is 30.4 Å². The number of nitrogens with two attached hydrogens (primary N) is 1. The van der Waals surface area contributed by atoms with E-state index < -0.39 is 74.0 Å². The normalized spacial score (nSPS) is 26.4. The molecule has 4 rings (SSSR count). The van der Waals surface area contributed by atoms with Gasteiger partial charge in [0, 0.05) is 19.8 Å². The van der Waals surface area contributed by atoms with Crippen LogP contribution < -0.4 is 15.6 Å². The smallest absolute Gasteiger partial charge is 0.327 e. The molecule has 18 nitrogen and oxygen atoms in total. The van der Waals surface area contributed by atoms with Gasteiger partial charge < -0.3 is 39.6 Å². The number of rotatable bonds is 12. The molecule has 2 fully saturated rings. The van der Waals surface area contributed by atoms with Crippen molar-refractivity contribution in [2.24, 2.45) is 0 Å². The number of hydrogen-bond donors (Lipinski definition) is 4. The van der Waals surface area contributed by atoms with E-state index in [1.165, 1.54) is 43.9 Å². The number of urea groups is 1. The number of nitrogens with zero attached hydrogens (tertiary/aromatic N) is 6. The predicted octanol–water partition coefficient (Wildman–Crippen LogP) is -0.284. The fourth-order valence-corrected chi connectivity index (χ4v) is 8.41. The second kappa shape index (κ2) is 12.9. The van der Waals surface area contributed by atoms with Crippen LogP contribution in [0.25, 0.3) is 11.2 Å². The second-order valence-electron chi connectivity index (χ2n) is 10.2. The number of imidazole rings is 1. The molecule has 43 heavy (non-hydrogen) atoms. The highest BCUT2D eigenvalue weighted by molar-refractivity contribution is 8.56. The molecule has 2 saturated heterocycles. The zero-order chi connectivity index (χ0) is 31.8. The highest BCUT2D eigenvalue weighted by Gasteiger charge is 2.47. The monoisotopic (exact) mass is 646 g/mol. The summed E-state index contributed by atoms with van der Waals surface area (Å²) in [7, 11) is 4.16. The van der Waals surface area contributed by atoms with Crippen LogP contribution in [-0.4, -0.2) is 128 Å². The Bertz CT molecular complexity index is 1430. The minimum Gasteiger partial charge on any atom is -0.479 e. The van der Waals surface area contributed by atoms with Gasteiger partial charge in [0.15, 0.2) is 17.4 Å². The fraction of sp³-hybridized carbons (Fsp3) is 0.652. The van der Waals surface area contributed by atoms with Crippen LogP contribution in [0.15, 0.2) is 6.33 Å². The molecule has 0 bridgehead atoms. The number of anilines is 1. The van der Waals surface area contributed by atoms with Crippen LogP contribution in [0.4, 0.5) is 10.7 Å². The number of amides is 3. The maximum absolute atomic E-state index is 14.0. The molecule has 238 valence electrons. The van der Waals surface area contributed by atoms with Crippen molar-refractivity contribution in [3.8, 4) is 5.88 Å². The number of aromatic nitrogens is 4. The average Bonchev–Trinajstić information content (AvgIpc) is 3.55. The summed E-state index contributed by atoms with van der Waals surface area (Å²) in [6.45, 7) is 0.201. The lowest BCUT2D eigenvalue weighted by Gasteiger charge is -2.26. The second-order valence-corrected chi connectivity index (χ2v) is 14.5. The molecule has 0 unspecified atom stereocenters. The molecule has 20 heteroatoms. The van der Waals surface area contributed by atoms with E-state index >= 15 is 0 Å². The van der Waals surface area contributed by atoms with Gasteiger partial charge in [-0.25, -0.2) is 14.9 Å². The van der Waals surface area contributed by atoms with Gasteiger partial charge in [-0.3, -0.25) is 23.6 Å². The molecule has 0 spiro atoms. The summed E-state index contributed by atoms with van der Waals surface area (Å²) in [5.74, 6) is -1.34. The first-order chi connectivity index (χ1) is 20.2. The Kier molecular flexibility index (Phi) is 9.85. The van der Waals surface area contributed by atoms with Crippen LogP contribution in [0.5, 0.6) is 5.88 Å². The molecule has 0 aromatic carbocycles. The fourth-order valence-electron chi connectivity index (χ4n) is 4.44. The number of carbonyl (C=O) groups excluding carboxylic acids is 3. The number of imide groups is 1. The van der Waals surface area contributed by atoms with Crippen LogP contribution in [-0.2, 0) is 28.2 Å². The third-order valence-corrected chi connectivity index (χ3v) is 10.8. The first-order valence-electron chi connectivity index (χ1n) is 13.1. The van der Waals surface area contributed by atoms with Crippen molar-refractivity contribution in [2.45, 2.75) is 63.5 Å². The number of methoxy groups -OCH3 is 1. The summed E-state index contributed by atoms with van der Waals surface area (Å²) in [5, 5.41) is 24.3. The van der Waals surface area contributed by atoms with E-state index in [1.807, 2.05) is 0 Å². The molecule has 4 heterocycles. The van der Waals surface area contributed by atoms with Gasteiger partial charge in [-0.15, -0.1) is 0 Å². The van der Waals surface area contributed by atoms with Gasteiger partial charge in [0.2, 0.25) is 11.8 Å². The first kappa shape index (κ1) is 32.8. The van der Waals surface area contributed by atoms with Crippen LogP contribution in [0.1, 0.15) is 27.0 Å². The van der Waals surface area contributed by atoms with E-state index in [0.29, 0.717) is 11.4 Å². The number of carbonyl (C=O) groups is 3. The molecule has 2 aromatic rings. The van der Waals surface area contributed by atoms with Gasteiger partial charge in [-0.2, -0.15) is 9.97 Å². The lowest BCUT2D eigenvalue weighted by Crippen LogP contribution is -2.37. The van der Waals surface area contributed by atoms with Crippen LogP contribution in [0.2, 0.25) is 0 Å². The third kappa shape index (κ3) is 6.72. The molecule has 2 aromatic heterocycles. The third-order valence-electron chi connectivity index (χ3n) is 6.75. The van der Waals surface area contributed by atoms with Crippen LogP contribution in [0.3, 0.4) is 0 Å². The number of aliphatic hydroxyl groups excluding tert-OH is 2. The Labute approximate surface area is 250 Å². The Morgan fingerprint density at radius 2 is 1.93 bits per heavy atom. The summed E-state index contributed by atoms with van der Waals surface area (Å²) >= 11 is 0.702. The van der Waals surface area contributed by atoms with Gasteiger partial charge >= 0.3 is 18.7 Å². The van der Waals surface area contributed by atoms with Crippen molar-refractivity contribution >= 4 is 53.1 Å². The van der Waals surface area contributed by atoms with E-state index in [9.17, 15) is 29.2 Å². The zero-order valence-electron chi connectivity index (χ0n) is 24.3. The Morgan fingerprint density at radius 3 is 2.53 bits per heavy atom. The minimum absolute atomic E-state index is 0.0996. The molecule has 2 aliphatic heterocycles. The number of esters is 1. The first-order valence-corrected chi connectivity index (χ1v) is 16.4. The van der Waals surface area contributed by atoms with Crippen molar-refractivity contribution in [1.82, 2.24) is 34.4 Å². The van der Waals surface area contributed by atoms with Gasteiger partial charge in [0.25, 0.3) is 5.91 Å². The summed E-state index contributed by atoms with van der Waals surface area (Å²) in [5.41, 5.74) is 6.18. The van der Waals surface area contributed by atoms with Crippen molar-refractivity contribution in [3.63, 3.8) is 0 Å². The summed E-state index contributed by atoms with van der Waals surface area (Å²) < 4.78 is 37.4. The molecule has 0 radical (unpaired) electrons. The summed E-state index contributed by atoms with van der Waals surface area (Å²) in [6.07, 6.45) is -4.51. The Hall–Kier alpha value is -3.06. The molecule has 3 amide bonds. The largest absolute Gasteiger partial charge is 0.479 e. The number of nitrogen functional groups attached to an aromatic ring is 1. The summed E-state index contributed by atoms with van der Waals surface area (Å²) in [4.78, 5) is 51.7. The molecule has 7 atom stereocenters. The number of aliphatic hydroxyl groups is 2. The van der Waals surface area contributed by atoms with E-state index in [-0.39, 0.29) is 28.7 Å². The zero-order valence-corrected chi connectivity index (χ0v) is 26.0. The maximum atomic E-state index is 14.0. The molecular formula is C23H35N8O10PS. The van der Waals surface area contributed by atoms with Gasteiger partial charge in [-0.1, -0.05) is 11.4 Å². The van der Waals surface area contributed by atoms with E-state index in [0.717, 1.165) is 4.90 Å². The van der Waals surface area contributed by atoms with Crippen molar-refractivity contribution in [1.29, 1.82) is 0 Å². The van der Waals surface area contributed by atoms with E-state index in [1.54, 1.807) is 13.8 Å². The number of likely N-dealkylation sites (N-methyl/N-ethyl adjacent to an activating group) is 2. The Balaban J connectivity index is 1.51. The number of hydrogen-bond acceptors (Lipinski definition) is 15. The predicted molar refractivity (Wildman–Crippen MR) is 152 cm³/mol. The number of ether oxygens (including phenoxy) is 3. The number of fused-ring (bicyclic) bond motifs is 1. The summed E-state index contributed by atoms with van der Waals surface area (Å²) in [6, 6.07) is -2.54. The molecule has 5 N–H and O–H groups in total. The van der Waals surface area contributed by atoms with E-state index in [4.69, 9.17) is 24.5 Å². The molecule has 2 aliphatic rings. The van der Waals surface area contributed by atoms with Gasteiger partial charge in [0.05, 0.1) is 26.1 Å². The van der Waals surface area contributed by atoms with Crippen molar-refractivity contribution < 1.29 is 47.9 Å². The van der Waals surface area contributed by atoms with Crippen LogP contribution >= 0.6 is 18.1 Å². The highest BCUT2D eigenvalue weighted by Crippen LogP contribution is 2.57. The lowest BCUT2D eigenvalue weighted by atomic mass is 10.1. The average molecular weight is 647 g/mol. The Morgan fingerprint density at radius 1 is 1.23 bits per heavy atom. The standard InChI is InChI=1S/C23H35N8O10PS/c1-10(2)40-21(35)11(3)28-42(37,43-8-12-19(34)30(5)23(36)29(12)4)39-7-13-15(32)16(33)20(41-13)31-9-25-14-17(31)26-22(24)27-18(14)38-6/h9-13,15-16,20,32-33H,7-8H2,1-6H3,(H,28,37)(H2,24,26,27)/t11-,12+,13-,15-,16-,20-,42-/m1/s1. The quantitative estimate of drug-likeness (QED) is 0.132. The lowest BCUT2D eigenvalue weighted by molar-refractivity contribution is -0.149. The topological polar surface area (TPSA) is 234 Å². The van der Waals surface area contributed by atoms with Crippen molar-refractivity contribution in [3.05, 3.63) is 6.33 Å². The van der Waals surface area contributed by atoms with Crippen molar-refractivity contribution in [2.75, 3.05) is 39.3 Å². The molecule has 0 aliphatic carbocycles. The minimum atomic E-state index is -4.04. The SMILES string of the molecule is COc1nc(N)nc2c1ncn2[C@@H]1O[C@H](CO[P@](=O)(N[C@H](C)C(=O)OC(C)C)SC[C@H]2C(=O)N(C)C(=O)N2C)[C@@H](O)[C@H]1O. The highest BCUT2D eigenvalue weighted by atomic mass is 32.7. The van der Waals surface area contributed by atoms with Gasteiger partial charge in [-0.05, 0) is 20.8 Å². The number of nitrogens with one attached hydrogen (secondary N) is 1. The molecular weight excluding hydrogens is 611 g/mol. The van der Waals surface area contributed by atoms with Crippen LogP contribution in [0, 0.1) is 0 Å². The maximum Gasteiger partial charge on any atom is 0.327 e. The van der Waals surface area contributed by atoms with E-state index in [2.05, 4.69) is 20.0 Å².